The maximum atomic E-state index is 13.7. The Hall–Kier alpha value is -2.90. The molecule has 0 aromatic heterocycles. The molecule has 0 aliphatic heterocycles. The molecule has 0 bridgehead atoms. The number of urea groups is 1. The third-order valence-corrected chi connectivity index (χ3v) is 3.16. The zero-order valence-corrected chi connectivity index (χ0v) is 12.4. The van der Waals surface area contributed by atoms with Crippen molar-refractivity contribution in [2.45, 2.75) is 13.1 Å². The van der Waals surface area contributed by atoms with E-state index in [0.717, 1.165) is 5.56 Å². The molecule has 0 spiro atoms. The van der Waals surface area contributed by atoms with Gasteiger partial charge in [-0.1, -0.05) is 18.2 Å². The smallest absolute Gasteiger partial charge is 0.307 e. The van der Waals surface area contributed by atoms with Crippen molar-refractivity contribution < 1.29 is 27.2 Å². The summed E-state index contributed by atoms with van der Waals surface area (Å²) in [6.45, 7) is 1.73. The van der Waals surface area contributed by atoms with Crippen LogP contribution in [0.3, 0.4) is 0 Å². The van der Waals surface area contributed by atoms with Crippen LogP contribution < -0.4 is 10.6 Å². The van der Waals surface area contributed by atoms with E-state index >= 15 is 0 Å². The van der Waals surface area contributed by atoms with Crippen molar-refractivity contribution in [3.05, 3.63) is 65.0 Å². The second kappa shape index (κ2) is 6.69. The van der Waals surface area contributed by atoms with Gasteiger partial charge in [-0.15, -0.1) is 0 Å². The highest BCUT2D eigenvalue weighted by atomic mass is 19.4. The number of carbonyl (C=O) groups excluding carboxylic acids is 2. The maximum absolute atomic E-state index is 13.7. The van der Waals surface area contributed by atoms with E-state index in [0.29, 0.717) is 17.8 Å². The molecule has 0 radical (unpaired) electrons. The van der Waals surface area contributed by atoms with Crippen LogP contribution in [-0.4, -0.2) is 11.9 Å². The molecule has 0 fully saturated rings. The van der Waals surface area contributed by atoms with Crippen LogP contribution >= 0.6 is 0 Å². The molecule has 126 valence electrons. The number of aryl methyl sites for hydroxylation is 1. The van der Waals surface area contributed by atoms with Crippen LogP contribution in [0.4, 0.5) is 28.0 Å². The maximum Gasteiger partial charge on any atom is 0.416 e. The first-order valence-corrected chi connectivity index (χ1v) is 6.73. The molecule has 8 heteroatoms. The molecular formula is C16H12F4N2O2. The van der Waals surface area contributed by atoms with E-state index in [1.807, 2.05) is 5.32 Å². The SMILES string of the molecule is Cc1ccccc1NC(=O)NC(=O)c1ccc(C(F)(F)F)cc1F. The average Bonchev–Trinajstić information content (AvgIpc) is 2.48. The summed E-state index contributed by atoms with van der Waals surface area (Å²) in [6, 6.07) is 7.26. The molecule has 4 nitrogen and oxygen atoms in total. The van der Waals surface area contributed by atoms with Gasteiger partial charge < -0.3 is 5.32 Å². The van der Waals surface area contributed by atoms with Gasteiger partial charge in [0.05, 0.1) is 11.1 Å². The molecule has 2 aromatic rings. The van der Waals surface area contributed by atoms with E-state index in [2.05, 4.69) is 5.32 Å². The molecule has 2 aromatic carbocycles. The van der Waals surface area contributed by atoms with E-state index in [1.54, 1.807) is 31.2 Å². The average molecular weight is 340 g/mol. The van der Waals surface area contributed by atoms with Gasteiger partial charge in [0.1, 0.15) is 5.82 Å². The quantitative estimate of drug-likeness (QED) is 0.808. The number of benzene rings is 2. The van der Waals surface area contributed by atoms with Crippen LogP contribution in [0.1, 0.15) is 21.5 Å². The van der Waals surface area contributed by atoms with Gasteiger partial charge in [0.2, 0.25) is 0 Å². The number of hydrogen-bond acceptors (Lipinski definition) is 2. The topological polar surface area (TPSA) is 58.2 Å². The van der Waals surface area contributed by atoms with Crippen molar-refractivity contribution in [3.8, 4) is 0 Å². The summed E-state index contributed by atoms with van der Waals surface area (Å²) in [5.74, 6) is -2.52. The van der Waals surface area contributed by atoms with Gasteiger partial charge in [-0.25, -0.2) is 9.18 Å². The van der Waals surface area contributed by atoms with Crippen molar-refractivity contribution in [2.75, 3.05) is 5.32 Å². The van der Waals surface area contributed by atoms with Crippen molar-refractivity contribution >= 4 is 17.6 Å². The number of alkyl halides is 3. The van der Waals surface area contributed by atoms with E-state index < -0.39 is 35.1 Å². The number of amides is 3. The van der Waals surface area contributed by atoms with Gasteiger partial charge in [-0.3, -0.25) is 10.1 Å². The summed E-state index contributed by atoms with van der Waals surface area (Å²) >= 11 is 0. The molecule has 0 unspecified atom stereocenters. The van der Waals surface area contributed by atoms with Crippen LogP contribution in [-0.2, 0) is 6.18 Å². The van der Waals surface area contributed by atoms with Crippen LogP contribution in [0, 0.1) is 12.7 Å². The minimum atomic E-state index is -4.72. The van der Waals surface area contributed by atoms with Gasteiger partial charge >= 0.3 is 12.2 Å². The van der Waals surface area contributed by atoms with Crippen LogP contribution in [0.5, 0.6) is 0 Å². The van der Waals surface area contributed by atoms with Crippen molar-refractivity contribution in [2.24, 2.45) is 0 Å². The molecule has 0 heterocycles. The summed E-state index contributed by atoms with van der Waals surface area (Å²) in [6.07, 6.45) is -4.72. The highest BCUT2D eigenvalue weighted by Crippen LogP contribution is 2.30. The van der Waals surface area contributed by atoms with Gasteiger partial charge in [0.15, 0.2) is 0 Å². The molecule has 0 aliphatic rings. The zero-order valence-electron chi connectivity index (χ0n) is 12.4. The lowest BCUT2D eigenvalue weighted by Gasteiger charge is -2.11. The second-order valence-corrected chi connectivity index (χ2v) is 4.92. The predicted octanol–water partition coefficient (Wildman–Crippen LogP) is 4.11. The summed E-state index contributed by atoms with van der Waals surface area (Å²) in [5.41, 5.74) is -0.708. The second-order valence-electron chi connectivity index (χ2n) is 4.92. The molecule has 0 atom stereocenters. The van der Waals surface area contributed by atoms with E-state index in [9.17, 15) is 27.2 Å². The Labute approximate surface area is 134 Å². The fraction of sp³-hybridized carbons (Fsp3) is 0.125. The third-order valence-electron chi connectivity index (χ3n) is 3.16. The Kier molecular flexibility index (Phi) is 4.87. The summed E-state index contributed by atoms with van der Waals surface area (Å²) in [5, 5.41) is 4.25. The number of carbonyl (C=O) groups is 2. The highest BCUT2D eigenvalue weighted by molar-refractivity contribution is 6.08. The Morgan fingerprint density at radius 1 is 1.04 bits per heavy atom. The third kappa shape index (κ3) is 4.09. The molecule has 2 N–H and O–H groups in total. The van der Waals surface area contributed by atoms with Gasteiger partial charge in [0.25, 0.3) is 5.91 Å². The van der Waals surface area contributed by atoms with Gasteiger partial charge in [-0.2, -0.15) is 13.2 Å². The molecule has 0 saturated carbocycles. The molecular weight excluding hydrogens is 328 g/mol. The lowest BCUT2D eigenvalue weighted by atomic mass is 10.1. The fourth-order valence-corrected chi connectivity index (χ4v) is 1.91. The summed E-state index contributed by atoms with van der Waals surface area (Å²) < 4.78 is 51.1. The van der Waals surface area contributed by atoms with Crippen LogP contribution in [0.25, 0.3) is 0 Å². The van der Waals surface area contributed by atoms with E-state index in [1.165, 1.54) is 0 Å². The monoisotopic (exact) mass is 340 g/mol. The largest absolute Gasteiger partial charge is 0.416 e. The highest BCUT2D eigenvalue weighted by Gasteiger charge is 2.31. The lowest BCUT2D eigenvalue weighted by Crippen LogP contribution is -2.35. The number of nitrogens with one attached hydrogen (secondary N) is 2. The lowest BCUT2D eigenvalue weighted by molar-refractivity contribution is -0.137. The Morgan fingerprint density at radius 3 is 2.29 bits per heavy atom. The number of para-hydroxylation sites is 1. The fourth-order valence-electron chi connectivity index (χ4n) is 1.91. The predicted molar refractivity (Wildman–Crippen MR) is 79.1 cm³/mol. The van der Waals surface area contributed by atoms with Crippen molar-refractivity contribution in [1.29, 1.82) is 0 Å². The Bertz CT molecular complexity index is 788. The normalized spacial score (nSPS) is 11.0. The van der Waals surface area contributed by atoms with Gasteiger partial charge in [0, 0.05) is 5.69 Å². The number of halogens is 4. The molecule has 24 heavy (non-hydrogen) atoms. The van der Waals surface area contributed by atoms with E-state index in [-0.39, 0.29) is 6.07 Å². The first-order chi connectivity index (χ1) is 11.2. The van der Waals surface area contributed by atoms with Crippen molar-refractivity contribution in [1.82, 2.24) is 5.32 Å². The molecule has 2 rings (SSSR count). The summed E-state index contributed by atoms with van der Waals surface area (Å²) in [7, 11) is 0. The Morgan fingerprint density at radius 2 is 1.71 bits per heavy atom. The minimum Gasteiger partial charge on any atom is -0.307 e. The van der Waals surface area contributed by atoms with Gasteiger partial charge in [-0.05, 0) is 36.8 Å². The van der Waals surface area contributed by atoms with Crippen LogP contribution in [0.15, 0.2) is 42.5 Å². The number of imide groups is 1. The minimum absolute atomic E-state index is 0.203. The number of hydrogen-bond donors (Lipinski definition) is 2. The standard InChI is InChI=1S/C16H12F4N2O2/c1-9-4-2-3-5-13(9)21-15(24)22-14(23)11-7-6-10(8-12(11)17)16(18,19)20/h2-8H,1H3,(H2,21,22,23,24). The molecule has 0 aliphatic carbocycles. The molecule has 0 saturated heterocycles. The number of anilines is 1. The summed E-state index contributed by atoms with van der Waals surface area (Å²) in [4.78, 5) is 23.6. The van der Waals surface area contributed by atoms with Crippen molar-refractivity contribution in [3.63, 3.8) is 0 Å². The molecule has 3 amide bonds. The van der Waals surface area contributed by atoms with Crippen LogP contribution in [0.2, 0.25) is 0 Å². The first-order valence-electron chi connectivity index (χ1n) is 6.73. The van der Waals surface area contributed by atoms with E-state index in [4.69, 9.17) is 0 Å². The zero-order chi connectivity index (χ0) is 17.9. The Balaban J connectivity index is 2.10. The number of rotatable bonds is 2. The first kappa shape index (κ1) is 17.5.